The number of para-hydroxylation sites is 1. The number of anilines is 1. The molecule has 0 aliphatic heterocycles. The summed E-state index contributed by atoms with van der Waals surface area (Å²) in [6, 6.07) is 8.25. The highest BCUT2D eigenvalue weighted by Gasteiger charge is 2.19. The van der Waals surface area contributed by atoms with E-state index in [1.165, 1.54) is 6.07 Å². The molecule has 128 valence electrons. The van der Waals surface area contributed by atoms with Crippen molar-refractivity contribution >= 4 is 34.8 Å². The van der Waals surface area contributed by atoms with Gasteiger partial charge in [0.15, 0.2) is 0 Å². The van der Waals surface area contributed by atoms with Gasteiger partial charge in [0.1, 0.15) is 5.82 Å². The molecule has 24 heavy (non-hydrogen) atoms. The molecule has 5 heteroatoms. The lowest BCUT2D eigenvalue weighted by Crippen LogP contribution is -2.16. The fourth-order valence-corrected chi connectivity index (χ4v) is 3.04. The normalized spacial score (nSPS) is 11.2. The summed E-state index contributed by atoms with van der Waals surface area (Å²) in [6.45, 7) is 8.24. The molecule has 2 aromatic carbocycles. The van der Waals surface area contributed by atoms with Crippen molar-refractivity contribution < 1.29 is 9.18 Å². The molecule has 0 aliphatic rings. The van der Waals surface area contributed by atoms with E-state index in [1.54, 1.807) is 0 Å². The van der Waals surface area contributed by atoms with E-state index >= 15 is 0 Å². The van der Waals surface area contributed by atoms with Gasteiger partial charge in [0.05, 0.1) is 15.6 Å². The van der Waals surface area contributed by atoms with Gasteiger partial charge in [-0.1, -0.05) is 69.1 Å². The van der Waals surface area contributed by atoms with Gasteiger partial charge < -0.3 is 5.32 Å². The Kier molecular flexibility index (Phi) is 5.89. The lowest BCUT2D eigenvalue weighted by Gasteiger charge is -2.20. The van der Waals surface area contributed by atoms with Crippen LogP contribution in [0.25, 0.3) is 0 Å². The second-order valence-electron chi connectivity index (χ2n) is 6.32. The summed E-state index contributed by atoms with van der Waals surface area (Å²) in [5.41, 5.74) is 2.88. The van der Waals surface area contributed by atoms with Gasteiger partial charge in [-0.2, -0.15) is 0 Å². The predicted octanol–water partition coefficient (Wildman–Crippen LogP) is 6.63. The first-order chi connectivity index (χ1) is 11.2. The van der Waals surface area contributed by atoms with Crippen molar-refractivity contribution in [1.82, 2.24) is 0 Å². The zero-order valence-electron chi connectivity index (χ0n) is 14.1. The first kappa shape index (κ1) is 18.8. The maximum Gasteiger partial charge on any atom is 0.257 e. The van der Waals surface area contributed by atoms with Crippen molar-refractivity contribution in [2.24, 2.45) is 0 Å². The van der Waals surface area contributed by atoms with Crippen LogP contribution >= 0.6 is 23.2 Å². The summed E-state index contributed by atoms with van der Waals surface area (Å²) in [5.74, 6) is -0.661. The second kappa shape index (κ2) is 7.54. The number of amides is 1. The molecular weight excluding hydrogens is 348 g/mol. The zero-order valence-corrected chi connectivity index (χ0v) is 15.6. The van der Waals surface area contributed by atoms with Crippen LogP contribution in [-0.4, -0.2) is 5.91 Å². The minimum Gasteiger partial charge on any atom is -0.321 e. The molecule has 0 bridgehead atoms. The third kappa shape index (κ3) is 3.90. The number of carbonyl (C=O) groups is 1. The monoisotopic (exact) mass is 367 g/mol. The lowest BCUT2D eigenvalue weighted by atomic mass is 9.92. The fraction of sp³-hybridized carbons (Fsp3) is 0.316. The smallest absolute Gasteiger partial charge is 0.257 e. The van der Waals surface area contributed by atoms with E-state index in [0.717, 1.165) is 22.9 Å². The van der Waals surface area contributed by atoms with Crippen molar-refractivity contribution in [1.29, 1.82) is 0 Å². The summed E-state index contributed by atoms with van der Waals surface area (Å²) in [6.07, 6.45) is 0. The Morgan fingerprint density at radius 2 is 1.54 bits per heavy atom. The molecule has 0 spiro atoms. The summed E-state index contributed by atoms with van der Waals surface area (Å²) in [7, 11) is 0. The van der Waals surface area contributed by atoms with Gasteiger partial charge in [0.2, 0.25) is 0 Å². The Morgan fingerprint density at radius 1 is 1.00 bits per heavy atom. The van der Waals surface area contributed by atoms with E-state index < -0.39 is 11.7 Å². The molecule has 0 unspecified atom stereocenters. The summed E-state index contributed by atoms with van der Waals surface area (Å²) < 4.78 is 13.7. The van der Waals surface area contributed by atoms with Crippen LogP contribution in [-0.2, 0) is 0 Å². The number of nitrogens with one attached hydrogen (secondary N) is 1. The predicted molar refractivity (Wildman–Crippen MR) is 99.0 cm³/mol. The van der Waals surface area contributed by atoms with Crippen LogP contribution in [0.15, 0.2) is 30.3 Å². The van der Waals surface area contributed by atoms with Crippen LogP contribution in [0.3, 0.4) is 0 Å². The Morgan fingerprint density at radius 3 is 2.04 bits per heavy atom. The van der Waals surface area contributed by atoms with Gasteiger partial charge >= 0.3 is 0 Å². The van der Waals surface area contributed by atoms with E-state index in [9.17, 15) is 9.18 Å². The SMILES string of the molecule is CC(C)c1cccc(C(C)C)c1NC(=O)c1cc(F)c(Cl)cc1Cl. The summed E-state index contributed by atoms with van der Waals surface area (Å²) in [4.78, 5) is 12.6. The minimum absolute atomic E-state index is 0.0619. The molecule has 0 atom stereocenters. The molecule has 2 aromatic rings. The van der Waals surface area contributed by atoms with Gasteiger partial charge in [-0.15, -0.1) is 0 Å². The zero-order chi connectivity index (χ0) is 18.0. The van der Waals surface area contributed by atoms with Crippen LogP contribution in [0, 0.1) is 5.82 Å². The van der Waals surface area contributed by atoms with Crippen LogP contribution in [0.1, 0.15) is 61.0 Å². The van der Waals surface area contributed by atoms with Gasteiger partial charge in [0.25, 0.3) is 5.91 Å². The first-order valence-corrected chi connectivity index (χ1v) is 8.56. The minimum atomic E-state index is -0.674. The molecule has 0 radical (unpaired) electrons. The topological polar surface area (TPSA) is 29.1 Å². The van der Waals surface area contributed by atoms with E-state index in [4.69, 9.17) is 23.2 Å². The molecule has 2 rings (SSSR count). The van der Waals surface area contributed by atoms with Crippen molar-refractivity contribution in [3.05, 3.63) is 62.9 Å². The van der Waals surface area contributed by atoms with Crippen LogP contribution in [0.4, 0.5) is 10.1 Å². The highest BCUT2D eigenvalue weighted by Crippen LogP contribution is 2.33. The van der Waals surface area contributed by atoms with E-state index in [0.29, 0.717) is 0 Å². The highest BCUT2D eigenvalue weighted by atomic mass is 35.5. The largest absolute Gasteiger partial charge is 0.321 e. The van der Waals surface area contributed by atoms with Crippen LogP contribution in [0.2, 0.25) is 10.0 Å². The van der Waals surface area contributed by atoms with Gasteiger partial charge in [-0.05, 0) is 35.1 Å². The molecule has 0 saturated carbocycles. The van der Waals surface area contributed by atoms with Crippen LogP contribution in [0.5, 0.6) is 0 Å². The Balaban J connectivity index is 2.47. The second-order valence-corrected chi connectivity index (χ2v) is 7.14. The molecule has 0 fully saturated rings. The van der Waals surface area contributed by atoms with Gasteiger partial charge in [-0.3, -0.25) is 4.79 Å². The van der Waals surface area contributed by atoms with Crippen molar-refractivity contribution in [3.63, 3.8) is 0 Å². The van der Waals surface area contributed by atoms with Crippen LogP contribution < -0.4 is 5.32 Å². The van der Waals surface area contributed by atoms with Crippen molar-refractivity contribution in [3.8, 4) is 0 Å². The number of hydrogen-bond acceptors (Lipinski definition) is 1. The quantitative estimate of drug-likeness (QED) is 0.603. The third-order valence-corrected chi connectivity index (χ3v) is 4.47. The molecular formula is C19H20Cl2FNO. The molecule has 2 nitrogen and oxygen atoms in total. The molecule has 0 heterocycles. The average molecular weight is 368 g/mol. The van der Waals surface area contributed by atoms with Crippen molar-refractivity contribution in [2.75, 3.05) is 5.32 Å². The van der Waals surface area contributed by atoms with Gasteiger partial charge in [0, 0.05) is 5.69 Å². The third-order valence-electron chi connectivity index (χ3n) is 3.87. The Hall–Kier alpha value is -1.58. The van der Waals surface area contributed by atoms with E-state index in [1.807, 2.05) is 18.2 Å². The molecule has 1 amide bonds. The van der Waals surface area contributed by atoms with E-state index in [2.05, 4.69) is 33.0 Å². The average Bonchev–Trinajstić information content (AvgIpc) is 2.50. The summed E-state index contributed by atoms with van der Waals surface area (Å²) >= 11 is 11.7. The highest BCUT2D eigenvalue weighted by molar-refractivity contribution is 6.37. The van der Waals surface area contributed by atoms with E-state index in [-0.39, 0.29) is 27.4 Å². The maximum atomic E-state index is 13.7. The Labute approximate surface area is 152 Å². The maximum absolute atomic E-state index is 13.7. The lowest BCUT2D eigenvalue weighted by molar-refractivity contribution is 0.102. The molecule has 0 saturated heterocycles. The Bertz CT molecular complexity index is 746. The first-order valence-electron chi connectivity index (χ1n) is 7.81. The number of benzene rings is 2. The molecule has 1 N–H and O–H groups in total. The number of rotatable bonds is 4. The molecule has 0 aliphatic carbocycles. The standard InChI is InChI=1S/C19H20Cl2FNO/c1-10(2)12-6-5-7-13(11(3)4)18(12)23-19(24)14-8-17(22)16(21)9-15(14)20/h5-11H,1-4H3,(H,23,24). The number of halogens is 3. The van der Waals surface area contributed by atoms with Gasteiger partial charge in [-0.25, -0.2) is 4.39 Å². The molecule has 0 aromatic heterocycles. The fourth-order valence-electron chi connectivity index (χ4n) is 2.57. The number of carbonyl (C=O) groups excluding carboxylic acids is 1. The number of hydrogen-bond donors (Lipinski definition) is 1. The van der Waals surface area contributed by atoms with Crippen molar-refractivity contribution in [2.45, 2.75) is 39.5 Å². The summed E-state index contributed by atoms with van der Waals surface area (Å²) in [5, 5.41) is 2.92.